The monoisotopic (exact) mass is 383 g/mol. The number of amides is 1. The van der Waals surface area contributed by atoms with Crippen molar-refractivity contribution in [3.05, 3.63) is 52.8 Å². The Balaban J connectivity index is 1.42. The predicted octanol–water partition coefficient (Wildman–Crippen LogP) is 2.75. The van der Waals surface area contributed by atoms with Gasteiger partial charge < -0.3 is 10.1 Å². The average molecular weight is 383 g/mol. The molecule has 0 spiro atoms. The Bertz CT molecular complexity index is 838. The van der Waals surface area contributed by atoms with E-state index in [1.165, 1.54) is 12.0 Å². The lowest BCUT2D eigenvalue weighted by atomic mass is 9.64. The van der Waals surface area contributed by atoms with Gasteiger partial charge in [-0.05, 0) is 44.2 Å². The third kappa shape index (κ3) is 4.43. The van der Waals surface area contributed by atoms with Crippen LogP contribution in [0.2, 0.25) is 0 Å². The summed E-state index contributed by atoms with van der Waals surface area (Å²) in [6.45, 7) is 4.28. The molecular formula is C22H29N3O3. The second-order valence-electron chi connectivity index (χ2n) is 7.71. The van der Waals surface area contributed by atoms with Gasteiger partial charge in [-0.2, -0.15) is 5.10 Å². The molecule has 1 aliphatic carbocycles. The minimum atomic E-state index is -0.362. The van der Waals surface area contributed by atoms with Crippen LogP contribution in [0.15, 0.2) is 30.3 Å². The minimum absolute atomic E-state index is 0.0241. The number of nitrogens with zero attached hydrogens (tertiary/aromatic N) is 2. The molecule has 0 unspecified atom stereocenters. The molecule has 1 fully saturated rings. The van der Waals surface area contributed by atoms with Crippen molar-refractivity contribution in [2.75, 3.05) is 13.2 Å². The Morgan fingerprint density at radius 1 is 1.21 bits per heavy atom. The highest BCUT2D eigenvalue weighted by Gasteiger charge is 2.38. The third-order valence-corrected chi connectivity index (χ3v) is 5.92. The molecule has 2 aromatic rings. The van der Waals surface area contributed by atoms with Crippen molar-refractivity contribution < 1.29 is 14.3 Å². The van der Waals surface area contributed by atoms with E-state index >= 15 is 0 Å². The number of carbonyl (C=O) groups is 2. The van der Waals surface area contributed by atoms with Crippen LogP contribution in [0.1, 0.15) is 48.2 Å². The third-order valence-electron chi connectivity index (χ3n) is 5.92. The molecule has 0 radical (unpaired) electrons. The summed E-state index contributed by atoms with van der Waals surface area (Å²) < 4.78 is 6.97. The van der Waals surface area contributed by atoms with Crippen LogP contribution in [0.3, 0.4) is 0 Å². The predicted molar refractivity (Wildman–Crippen MR) is 107 cm³/mol. The van der Waals surface area contributed by atoms with Crippen molar-refractivity contribution in [2.45, 2.75) is 51.4 Å². The van der Waals surface area contributed by atoms with Crippen molar-refractivity contribution in [2.24, 2.45) is 7.05 Å². The van der Waals surface area contributed by atoms with E-state index in [-0.39, 0.29) is 30.3 Å². The van der Waals surface area contributed by atoms with Gasteiger partial charge in [0.15, 0.2) is 6.61 Å². The number of aromatic nitrogens is 2. The zero-order chi connectivity index (χ0) is 20.1. The maximum Gasteiger partial charge on any atom is 0.306 e. The number of hydrogen-bond acceptors (Lipinski definition) is 4. The largest absolute Gasteiger partial charge is 0.456 e. The Morgan fingerprint density at radius 2 is 1.93 bits per heavy atom. The van der Waals surface area contributed by atoms with Crippen LogP contribution in [0.25, 0.3) is 0 Å². The first-order valence-electron chi connectivity index (χ1n) is 9.88. The quantitative estimate of drug-likeness (QED) is 0.712. The van der Waals surface area contributed by atoms with Gasteiger partial charge in [0, 0.05) is 31.1 Å². The fraction of sp³-hybridized carbons (Fsp3) is 0.500. The van der Waals surface area contributed by atoms with Crippen LogP contribution < -0.4 is 5.32 Å². The van der Waals surface area contributed by atoms with Crippen molar-refractivity contribution in [1.82, 2.24) is 15.1 Å². The van der Waals surface area contributed by atoms with E-state index in [0.717, 1.165) is 29.8 Å². The molecule has 1 heterocycles. The van der Waals surface area contributed by atoms with E-state index < -0.39 is 0 Å². The first-order chi connectivity index (χ1) is 13.4. The molecule has 1 aromatic heterocycles. The van der Waals surface area contributed by atoms with Gasteiger partial charge in [0.25, 0.3) is 5.91 Å². The van der Waals surface area contributed by atoms with Gasteiger partial charge in [-0.3, -0.25) is 14.3 Å². The van der Waals surface area contributed by atoms with E-state index in [0.29, 0.717) is 13.0 Å². The number of esters is 1. The number of aryl methyl sites for hydroxylation is 2. The standard InChI is InChI=1S/C22H29N3O3/c1-16-19(17(2)25(3)24-16)10-11-21(27)28-14-20(26)23-15-22(12-7-13-22)18-8-5-4-6-9-18/h4-6,8-9H,7,10-15H2,1-3H3,(H,23,26). The van der Waals surface area contributed by atoms with Gasteiger partial charge in [0.05, 0.1) is 5.69 Å². The highest BCUT2D eigenvalue weighted by atomic mass is 16.5. The molecule has 6 heteroatoms. The highest BCUT2D eigenvalue weighted by Crippen LogP contribution is 2.43. The Kier molecular flexibility index (Phi) is 6.17. The number of nitrogens with one attached hydrogen (secondary N) is 1. The topological polar surface area (TPSA) is 73.2 Å². The van der Waals surface area contributed by atoms with Crippen LogP contribution in [-0.2, 0) is 33.2 Å². The summed E-state index contributed by atoms with van der Waals surface area (Å²) >= 11 is 0. The second-order valence-corrected chi connectivity index (χ2v) is 7.71. The van der Waals surface area contributed by atoms with Gasteiger partial charge in [-0.15, -0.1) is 0 Å². The zero-order valence-electron chi connectivity index (χ0n) is 17.0. The molecule has 28 heavy (non-hydrogen) atoms. The SMILES string of the molecule is Cc1nn(C)c(C)c1CCC(=O)OCC(=O)NCC1(c2ccccc2)CCC1. The number of carbonyl (C=O) groups excluding carboxylic acids is 2. The summed E-state index contributed by atoms with van der Waals surface area (Å²) in [7, 11) is 1.89. The van der Waals surface area contributed by atoms with Crippen molar-refractivity contribution in [3.63, 3.8) is 0 Å². The Labute approximate surface area is 166 Å². The molecule has 1 amide bonds. The first kappa shape index (κ1) is 20.1. The second kappa shape index (κ2) is 8.59. The molecular weight excluding hydrogens is 354 g/mol. The molecule has 6 nitrogen and oxygen atoms in total. The first-order valence-corrected chi connectivity index (χ1v) is 9.88. The highest BCUT2D eigenvalue weighted by molar-refractivity contribution is 5.80. The van der Waals surface area contributed by atoms with E-state index in [4.69, 9.17) is 4.74 Å². The van der Waals surface area contributed by atoms with Gasteiger partial charge in [-0.1, -0.05) is 36.8 Å². The summed E-state index contributed by atoms with van der Waals surface area (Å²) in [4.78, 5) is 24.2. The summed E-state index contributed by atoms with van der Waals surface area (Å²) in [5.41, 5.74) is 4.34. The lowest BCUT2D eigenvalue weighted by Crippen LogP contribution is -2.46. The van der Waals surface area contributed by atoms with Crippen molar-refractivity contribution >= 4 is 11.9 Å². The van der Waals surface area contributed by atoms with Crippen LogP contribution in [0.5, 0.6) is 0 Å². The molecule has 1 aromatic carbocycles. The Hall–Kier alpha value is -2.63. The molecule has 0 bridgehead atoms. The fourth-order valence-electron chi connectivity index (χ4n) is 3.91. The molecule has 0 saturated heterocycles. The Morgan fingerprint density at radius 3 is 2.50 bits per heavy atom. The smallest absolute Gasteiger partial charge is 0.306 e. The number of hydrogen-bond donors (Lipinski definition) is 1. The summed E-state index contributed by atoms with van der Waals surface area (Å²) in [5, 5.41) is 7.29. The molecule has 3 rings (SSSR count). The minimum Gasteiger partial charge on any atom is -0.456 e. The normalized spacial score (nSPS) is 15.0. The van der Waals surface area contributed by atoms with Gasteiger partial charge in [-0.25, -0.2) is 0 Å². The molecule has 1 aliphatic rings. The number of rotatable bonds is 8. The van der Waals surface area contributed by atoms with E-state index in [1.54, 1.807) is 0 Å². The van der Waals surface area contributed by atoms with Crippen molar-refractivity contribution in [1.29, 1.82) is 0 Å². The summed E-state index contributed by atoms with van der Waals surface area (Å²) in [6.07, 6.45) is 4.13. The molecule has 0 atom stereocenters. The fourth-order valence-corrected chi connectivity index (χ4v) is 3.91. The van der Waals surface area contributed by atoms with Crippen LogP contribution in [-0.4, -0.2) is 34.8 Å². The molecule has 1 saturated carbocycles. The molecule has 150 valence electrons. The van der Waals surface area contributed by atoms with E-state index in [2.05, 4.69) is 22.5 Å². The van der Waals surface area contributed by atoms with E-state index in [1.807, 2.05) is 43.8 Å². The van der Waals surface area contributed by atoms with E-state index in [9.17, 15) is 9.59 Å². The van der Waals surface area contributed by atoms with Gasteiger partial charge in [0.1, 0.15) is 0 Å². The average Bonchev–Trinajstić information content (AvgIpc) is 2.90. The van der Waals surface area contributed by atoms with Crippen molar-refractivity contribution in [3.8, 4) is 0 Å². The molecule has 1 N–H and O–H groups in total. The number of ether oxygens (including phenoxy) is 1. The summed E-state index contributed by atoms with van der Waals surface area (Å²) in [5.74, 6) is -0.608. The van der Waals surface area contributed by atoms with Crippen LogP contribution in [0.4, 0.5) is 0 Å². The summed E-state index contributed by atoms with van der Waals surface area (Å²) in [6, 6.07) is 10.3. The maximum atomic E-state index is 12.1. The van der Waals surface area contributed by atoms with Crippen LogP contribution >= 0.6 is 0 Å². The number of benzene rings is 1. The lowest BCUT2D eigenvalue weighted by Gasteiger charge is -2.42. The van der Waals surface area contributed by atoms with Crippen LogP contribution in [0, 0.1) is 13.8 Å². The molecule has 0 aliphatic heterocycles. The van der Waals surface area contributed by atoms with Gasteiger partial charge in [0.2, 0.25) is 0 Å². The zero-order valence-corrected chi connectivity index (χ0v) is 17.0. The van der Waals surface area contributed by atoms with Gasteiger partial charge >= 0.3 is 5.97 Å². The lowest BCUT2D eigenvalue weighted by molar-refractivity contribution is -0.148. The maximum absolute atomic E-state index is 12.1.